The van der Waals surface area contributed by atoms with Gasteiger partial charge in [0.25, 0.3) is 11.8 Å². The van der Waals surface area contributed by atoms with Gasteiger partial charge in [-0.15, -0.1) is 0 Å². The number of amides is 2. The van der Waals surface area contributed by atoms with Gasteiger partial charge in [0.2, 0.25) is 0 Å². The summed E-state index contributed by atoms with van der Waals surface area (Å²) in [5.74, 6) is -1.79. The zero-order valence-electron chi connectivity index (χ0n) is 31.5. The Morgan fingerprint density at radius 1 is 0.815 bits per heavy atom. The van der Waals surface area contributed by atoms with Crippen LogP contribution in [0.5, 0.6) is 0 Å². The Balaban J connectivity index is 1.58. The molecule has 0 aliphatic carbocycles. The number of rotatable bonds is 13. The molecule has 3 N–H and O–H groups in total. The van der Waals surface area contributed by atoms with Gasteiger partial charge in [-0.3, -0.25) is 19.2 Å². The first-order chi connectivity index (χ1) is 25.6. The van der Waals surface area contributed by atoms with E-state index in [1.165, 1.54) is 14.2 Å². The first-order valence-corrected chi connectivity index (χ1v) is 19.0. The van der Waals surface area contributed by atoms with Gasteiger partial charge in [-0.1, -0.05) is 30.4 Å². The highest BCUT2D eigenvalue weighted by atomic mass is 32.2. The van der Waals surface area contributed by atoms with Crippen LogP contribution in [0.4, 0.5) is 0 Å². The number of hydrogen-bond acceptors (Lipinski definition) is 8. The first-order valence-electron chi connectivity index (χ1n) is 17.3. The van der Waals surface area contributed by atoms with E-state index in [-0.39, 0.29) is 41.8 Å². The molecule has 2 aliphatic rings. The topological polar surface area (TPSA) is 177 Å². The molecular weight excluding hydrogens is 709 g/mol. The molecule has 1 aromatic carbocycles. The van der Waals surface area contributed by atoms with Crippen LogP contribution in [0.15, 0.2) is 74.8 Å². The number of esters is 2. The smallest absolute Gasteiger partial charge is 0.310 e. The summed E-state index contributed by atoms with van der Waals surface area (Å²) in [6.07, 6.45) is 7.40. The van der Waals surface area contributed by atoms with Crippen molar-refractivity contribution < 1.29 is 37.1 Å². The molecule has 282 valence electrons. The van der Waals surface area contributed by atoms with E-state index < -0.39 is 21.7 Å². The van der Waals surface area contributed by atoms with E-state index in [1.807, 2.05) is 32.9 Å². The van der Waals surface area contributed by atoms with Crippen molar-refractivity contribution in [2.24, 2.45) is 4.99 Å². The fourth-order valence-corrected chi connectivity index (χ4v) is 7.77. The molecule has 4 heterocycles. The Hall–Kier alpha value is -5.82. The lowest BCUT2D eigenvalue weighted by atomic mass is 10.0. The van der Waals surface area contributed by atoms with Gasteiger partial charge in [0.05, 0.1) is 42.7 Å². The van der Waals surface area contributed by atoms with Crippen LogP contribution in [0.2, 0.25) is 0 Å². The minimum absolute atomic E-state index is 0.00436. The number of sulfone groups is 1. The number of aliphatic imine (C=N–C) groups is 1. The summed E-state index contributed by atoms with van der Waals surface area (Å²) in [4.78, 5) is 61.6. The molecule has 12 nitrogen and oxygen atoms in total. The highest BCUT2D eigenvalue weighted by Gasteiger charge is 2.26. The predicted molar refractivity (Wildman–Crippen MR) is 206 cm³/mol. The molecule has 2 aliphatic heterocycles. The van der Waals surface area contributed by atoms with Crippen molar-refractivity contribution in [3.05, 3.63) is 115 Å². The molecule has 2 aromatic heterocycles. The van der Waals surface area contributed by atoms with E-state index in [9.17, 15) is 27.6 Å². The van der Waals surface area contributed by atoms with Gasteiger partial charge in [0, 0.05) is 45.2 Å². The number of benzene rings is 1. The van der Waals surface area contributed by atoms with Crippen LogP contribution < -0.4 is 16.0 Å². The molecule has 5 rings (SSSR count). The third-order valence-electron chi connectivity index (χ3n) is 9.92. The molecule has 3 aromatic rings. The van der Waals surface area contributed by atoms with Crippen molar-refractivity contribution in [1.82, 2.24) is 15.3 Å². The van der Waals surface area contributed by atoms with Crippen LogP contribution in [0, 0.1) is 20.8 Å². The SMILES string of the molecule is C=CC1=C(C)C(=O)N/C1=C\c1[nH]c(C=c2[nH]c(=CC3=NC(=O)C(CCS(=O)(=O)c4ccc(C)cc4)=C3C)c(C)c2CC(=O)OC)c(CCC(=O)OC)c1C. The number of aryl methyl sites for hydroxylation is 1. The van der Waals surface area contributed by atoms with Crippen molar-refractivity contribution in [2.45, 2.75) is 65.2 Å². The summed E-state index contributed by atoms with van der Waals surface area (Å²) in [6, 6.07) is 6.59. The van der Waals surface area contributed by atoms with Crippen molar-refractivity contribution in [3.63, 3.8) is 0 Å². The summed E-state index contributed by atoms with van der Waals surface area (Å²) in [5.41, 5.74) is 8.44. The van der Waals surface area contributed by atoms with Gasteiger partial charge in [-0.2, -0.15) is 0 Å². The molecule has 0 saturated heterocycles. The Bertz CT molecular complexity index is 2450. The maximum Gasteiger partial charge on any atom is 0.310 e. The maximum atomic E-state index is 13.1. The summed E-state index contributed by atoms with van der Waals surface area (Å²) < 4.78 is 36.0. The molecule has 0 saturated carbocycles. The molecular formula is C41H44N4O8S. The second-order valence-corrected chi connectivity index (χ2v) is 15.4. The fourth-order valence-electron chi connectivity index (χ4n) is 6.51. The average molecular weight is 753 g/mol. The Kier molecular flexibility index (Phi) is 11.7. The zero-order valence-corrected chi connectivity index (χ0v) is 32.3. The highest BCUT2D eigenvalue weighted by molar-refractivity contribution is 7.91. The van der Waals surface area contributed by atoms with Crippen LogP contribution in [-0.2, 0) is 51.3 Å². The number of H-pyrrole nitrogens is 2. The van der Waals surface area contributed by atoms with Gasteiger partial charge >= 0.3 is 11.9 Å². The van der Waals surface area contributed by atoms with Gasteiger partial charge in [0.1, 0.15) is 0 Å². The number of carbonyl (C=O) groups excluding carboxylic acids is 4. The molecule has 54 heavy (non-hydrogen) atoms. The lowest BCUT2D eigenvalue weighted by Crippen LogP contribution is -2.16. The maximum absolute atomic E-state index is 13.1. The molecule has 0 radical (unpaired) electrons. The summed E-state index contributed by atoms with van der Waals surface area (Å²) in [7, 11) is -0.992. The highest BCUT2D eigenvalue weighted by Crippen LogP contribution is 2.28. The molecule has 0 atom stereocenters. The van der Waals surface area contributed by atoms with Crippen molar-refractivity contribution in [1.29, 1.82) is 0 Å². The quantitative estimate of drug-likeness (QED) is 0.221. The van der Waals surface area contributed by atoms with E-state index in [0.29, 0.717) is 67.8 Å². The van der Waals surface area contributed by atoms with Crippen LogP contribution >= 0.6 is 0 Å². The summed E-state index contributed by atoms with van der Waals surface area (Å²) in [6.45, 7) is 12.9. The minimum Gasteiger partial charge on any atom is -0.469 e. The van der Waals surface area contributed by atoms with E-state index in [0.717, 1.165) is 22.3 Å². The average Bonchev–Trinajstić information content (AvgIpc) is 3.78. The van der Waals surface area contributed by atoms with Gasteiger partial charge in [0.15, 0.2) is 9.84 Å². The lowest BCUT2D eigenvalue weighted by Gasteiger charge is -2.06. The molecule has 2 amide bonds. The number of aromatic amines is 2. The second-order valence-electron chi connectivity index (χ2n) is 13.3. The number of allylic oxidation sites excluding steroid dienone is 2. The Morgan fingerprint density at radius 2 is 1.50 bits per heavy atom. The largest absolute Gasteiger partial charge is 0.469 e. The second kappa shape index (κ2) is 16.0. The van der Waals surface area contributed by atoms with Crippen LogP contribution in [0.25, 0.3) is 18.2 Å². The molecule has 0 fully saturated rings. The number of nitrogens with one attached hydrogen (secondary N) is 3. The molecule has 0 bridgehead atoms. The van der Waals surface area contributed by atoms with Crippen LogP contribution in [0.3, 0.4) is 0 Å². The van der Waals surface area contributed by atoms with Gasteiger partial charge < -0.3 is 24.8 Å². The van der Waals surface area contributed by atoms with Crippen molar-refractivity contribution in [3.8, 4) is 0 Å². The Morgan fingerprint density at radius 3 is 2.15 bits per heavy atom. The van der Waals surface area contributed by atoms with Crippen LogP contribution in [-0.4, -0.2) is 67.8 Å². The number of hydrogen-bond donors (Lipinski definition) is 3. The minimum atomic E-state index is -3.63. The number of nitrogens with zero attached hydrogens (tertiary/aromatic N) is 1. The first kappa shape index (κ1) is 39.4. The number of methoxy groups -OCH3 is 2. The van der Waals surface area contributed by atoms with Gasteiger partial charge in [-0.25, -0.2) is 13.4 Å². The zero-order chi connectivity index (χ0) is 39.5. The number of aromatic nitrogens is 2. The third-order valence-corrected chi connectivity index (χ3v) is 11.7. The fraction of sp³-hybridized carbons (Fsp3) is 0.293. The molecule has 0 spiro atoms. The number of carbonyl (C=O) groups is 4. The third kappa shape index (κ3) is 8.21. The summed E-state index contributed by atoms with van der Waals surface area (Å²) >= 11 is 0. The lowest BCUT2D eigenvalue weighted by molar-refractivity contribution is -0.141. The number of ether oxygens (including phenoxy) is 2. The normalized spacial score (nSPS) is 16.1. The summed E-state index contributed by atoms with van der Waals surface area (Å²) in [5, 5.41) is 4.05. The standard InChI is InChI=1S/C41H44N4O8S/c1-9-28-26(6)40(48)45-35(28)20-33-23(3)29(14-15-38(46)52-7)36(42-33)21-37-31(18-39(47)53-8)25(5)32(43-37)19-34-24(4)30(41(49)44-34)16-17-54(50,51)27-12-10-22(2)11-13-27/h9-13,19-21,42-43H,1,14-18H2,2-8H3,(H,45,48)/b32-19?,35-20-,37-21?. The van der Waals surface area contributed by atoms with E-state index >= 15 is 0 Å². The van der Waals surface area contributed by atoms with E-state index in [4.69, 9.17) is 9.47 Å². The predicted octanol–water partition coefficient (Wildman–Crippen LogP) is 3.83. The van der Waals surface area contributed by atoms with E-state index in [2.05, 4.69) is 26.9 Å². The Labute approximate surface area is 314 Å². The molecule has 13 heteroatoms. The monoisotopic (exact) mass is 752 g/mol. The van der Waals surface area contributed by atoms with Gasteiger partial charge in [-0.05, 0) is 106 Å². The van der Waals surface area contributed by atoms with Crippen molar-refractivity contribution >= 4 is 57.5 Å². The van der Waals surface area contributed by atoms with Crippen LogP contribution in [0.1, 0.15) is 65.9 Å². The van der Waals surface area contributed by atoms with Crippen molar-refractivity contribution in [2.75, 3.05) is 20.0 Å². The molecule has 0 unspecified atom stereocenters. The van der Waals surface area contributed by atoms with E-state index in [1.54, 1.807) is 50.3 Å².